The van der Waals surface area contributed by atoms with Gasteiger partial charge in [0.2, 0.25) is 0 Å². The van der Waals surface area contributed by atoms with Gasteiger partial charge in [0.1, 0.15) is 0 Å². The average Bonchev–Trinajstić information content (AvgIpc) is 2.87. The lowest BCUT2D eigenvalue weighted by molar-refractivity contribution is 0.852. The van der Waals surface area contributed by atoms with Crippen LogP contribution in [0.3, 0.4) is 0 Å². The van der Waals surface area contributed by atoms with E-state index in [1.165, 1.54) is 15.8 Å². The Bertz CT molecular complexity index is 623. The van der Waals surface area contributed by atoms with Crippen molar-refractivity contribution in [1.82, 2.24) is 4.57 Å². The van der Waals surface area contributed by atoms with Gasteiger partial charge in [-0.3, -0.25) is 0 Å². The summed E-state index contributed by atoms with van der Waals surface area (Å²) in [7, 11) is 0. The van der Waals surface area contributed by atoms with Gasteiger partial charge in [-0.15, -0.1) is 11.3 Å². The van der Waals surface area contributed by atoms with Gasteiger partial charge >= 0.3 is 0 Å². The molecule has 0 bridgehead atoms. The Morgan fingerprint density at radius 2 is 1.94 bits per heavy atom. The number of benzene rings is 1. The summed E-state index contributed by atoms with van der Waals surface area (Å²) < 4.78 is 3.10. The second-order valence-electron chi connectivity index (χ2n) is 3.71. The molecule has 0 saturated heterocycles. The minimum Gasteiger partial charge on any atom is -0.342 e. The van der Waals surface area contributed by atoms with Gasteiger partial charge in [0.15, 0.2) is 0 Å². The van der Waals surface area contributed by atoms with Crippen LogP contribution in [-0.4, -0.2) is 4.57 Å². The molecule has 3 rings (SSSR count). The number of aromatic nitrogens is 1. The largest absolute Gasteiger partial charge is 0.342 e. The molecular weight excluding hydrogens is 238 g/mol. The van der Waals surface area contributed by atoms with Crippen molar-refractivity contribution < 1.29 is 0 Å². The predicted octanol–water partition coefficient (Wildman–Crippen LogP) is 4.40. The summed E-state index contributed by atoms with van der Waals surface area (Å²) in [5.74, 6) is 0. The van der Waals surface area contributed by atoms with E-state index in [1.807, 2.05) is 6.07 Å². The van der Waals surface area contributed by atoms with Crippen molar-refractivity contribution in [1.29, 1.82) is 0 Å². The van der Waals surface area contributed by atoms with Crippen molar-refractivity contribution in [2.75, 3.05) is 0 Å². The predicted molar refractivity (Wildman–Crippen MR) is 70.4 cm³/mol. The van der Waals surface area contributed by atoms with Crippen LogP contribution < -0.4 is 0 Å². The van der Waals surface area contributed by atoms with E-state index in [0.29, 0.717) is 0 Å². The molecule has 2 aromatic heterocycles. The maximum absolute atomic E-state index is 5.93. The van der Waals surface area contributed by atoms with Gasteiger partial charge in [0.05, 0.1) is 10.9 Å². The second kappa shape index (κ2) is 3.96. The summed E-state index contributed by atoms with van der Waals surface area (Å²) in [5.41, 5.74) is 1.27. The molecule has 3 aromatic rings. The van der Waals surface area contributed by atoms with Gasteiger partial charge in [0, 0.05) is 16.6 Å². The van der Waals surface area contributed by atoms with Crippen LogP contribution in [0, 0.1) is 0 Å². The first-order chi connectivity index (χ1) is 7.83. The first-order valence-electron chi connectivity index (χ1n) is 5.11. The molecule has 0 unspecified atom stereocenters. The molecule has 0 aliphatic rings. The summed E-state index contributed by atoms with van der Waals surface area (Å²) in [4.78, 5) is 1.28. The Morgan fingerprint density at radius 3 is 2.75 bits per heavy atom. The number of rotatable bonds is 2. The van der Waals surface area contributed by atoms with E-state index in [1.54, 1.807) is 11.3 Å². The molecule has 16 heavy (non-hydrogen) atoms. The van der Waals surface area contributed by atoms with Gasteiger partial charge in [-0.25, -0.2) is 0 Å². The maximum atomic E-state index is 5.93. The lowest BCUT2D eigenvalue weighted by Crippen LogP contribution is -1.94. The lowest BCUT2D eigenvalue weighted by Gasteiger charge is -2.02. The maximum Gasteiger partial charge on any atom is 0.0931 e. The van der Waals surface area contributed by atoms with Crippen LogP contribution in [0.1, 0.15) is 4.88 Å². The molecule has 3 heteroatoms. The van der Waals surface area contributed by atoms with Crippen LogP contribution in [0.15, 0.2) is 48.7 Å². The standard InChI is InChI=1S/C13H10ClNS/c14-13-6-5-11(16-13)9-15-8-7-10-3-1-2-4-12(10)15/h1-8H,9H2. The van der Waals surface area contributed by atoms with Crippen molar-refractivity contribution in [2.45, 2.75) is 6.54 Å². The number of thiophene rings is 1. The topological polar surface area (TPSA) is 4.93 Å². The fourth-order valence-electron chi connectivity index (χ4n) is 1.88. The zero-order chi connectivity index (χ0) is 11.0. The summed E-state index contributed by atoms with van der Waals surface area (Å²) in [6.45, 7) is 0.894. The van der Waals surface area contributed by atoms with Gasteiger partial charge in [-0.1, -0.05) is 29.8 Å². The Hall–Kier alpha value is -1.25. The molecule has 0 aliphatic carbocycles. The summed E-state index contributed by atoms with van der Waals surface area (Å²) in [6.07, 6.45) is 2.12. The van der Waals surface area contributed by atoms with E-state index in [4.69, 9.17) is 11.6 Å². The number of para-hydroxylation sites is 1. The molecule has 0 saturated carbocycles. The van der Waals surface area contributed by atoms with Crippen LogP contribution in [0.25, 0.3) is 10.9 Å². The average molecular weight is 248 g/mol. The highest BCUT2D eigenvalue weighted by Crippen LogP contribution is 2.24. The van der Waals surface area contributed by atoms with Crippen molar-refractivity contribution in [3.63, 3.8) is 0 Å². The third kappa shape index (κ3) is 1.75. The normalized spacial score (nSPS) is 11.1. The Kier molecular flexibility index (Phi) is 2.46. The fraction of sp³-hybridized carbons (Fsp3) is 0.0769. The number of nitrogens with zero attached hydrogens (tertiary/aromatic N) is 1. The van der Waals surface area contributed by atoms with E-state index in [-0.39, 0.29) is 0 Å². The summed E-state index contributed by atoms with van der Waals surface area (Å²) in [5, 5.41) is 1.28. The molecule has 1 aromatic carbocycles. The highest BCUT2D eigenvalue weighted by atomic mass is 35.5. The molecule has 0 radical (unpaired) electrons. The van der Waals surface area contributed by atoms with E-state index >= 15 is 0 Å². The quantitative estimate of drug-likeness (QED) is 0.632. The van der Waals surface area contributed by atoms with E-state index in [9.17, 15) is 0 Å². The third-order valence-corrected chi connectivity index (χ3v) is 3.85. The molecular formula is C13H10ClNS. The summed E-state index contributed by atoms with van der Waals surface area (Å²) >= 11 is 7.57. The molecule has 0 amide bonds. The third-order valence-electron chi connectivity index (χ3n) is 2.64. The number of hydrogen-bond acceptors (Lipinski definition) is 1. The van der Waals surface area contributed by atoms with Gasteiger partial charge in [-0.05, 0) is 29.7 Å². The first kappa shape index (κ1) is 9.94. The minimum atomic E-state index is 0.853. The first-order valence-corrected chi connectivity index (χ1v) is 6.30. The van der Waals surface area contributed by atoms with E-state index in [0.717, 1.165) is 10.9 Å². The molecule has 80 valence electrons. The van der Waals surface area contributed by atoms with Crippen LogP contribution in [0.2, 0.25) is 4.34 Å². The Labute approximate surface area is 103 Å². The van der Waals surface area contributed by atoms with Gasteiger partial charge in [0.25, 0.3) is 0 Å². The minimum absolute atomic E-state index is 0.853. The molecule has 0 fully saturated rings. The summed E-state index contributed by atoms with van der Waals surface area (Å²) in [6, 6.07) is 14.6. The van der Waals surface area contributed by atoms with Crippen LogP contribution in [0.5, 0.6) is 0 Å². The highest BCUT2D eigenvalue weighted by Gasteiger charge is 2.02. The van der Waals surface area contributed by atoms with E-state index < -0.39 is 0 Å². The zero-order valence-electron chi connectivity index (χ0n) is 8.56. The smallest absolute Gasteiger partial charge is 0.0931 e. The monoisotopic (exact) mass is 247 g/mol. The van der Waals surface area contributed by atoms with Crippen LogP contribution in [0.4, 0.5) is 0 Å². The van der Waals surface area contributed by atoms with E-state index in [2.05, 4.69) is 47.2 Å². The Morgan fingerprint density at radius 1 is 1.06 bits per heavy atom. The van der Waals surface area contributed by atoms with Crippen molar-refractivity contribution in [3.05, 3.63) is 57.9 Å². The van der Waals surface area contributed by atoms with Gasteiger partial charge < -0.3 is 4.57 Å². The second-order valence-corrected chi connectivity index (χ2v) is 5.51. The zero-order valence-corrected chi connectivity index (χ0v) is 10.1. The number of fused-ring (bicyclic) bond motifs is 1. The Balaban J connectivity index is 2.00. The van der Waals surface area contributed by atoms with Crippen molar-refractivity contribution >= 4 is 33.8 Å². The molecule has 2 heterocycles. The lowest BCUT2D eigenvalue weighted by atomic mass is 10.2. The SMILES string of the molecule is Clc1ccc(Cn2ccc3ccccc32)s1. The number of halogens is 1. The van der Waals surface area contributed by atoms with Crippen molar-refractivity contribution in [3.8, 4) is 0 Å². The highest BCUT2D eigenvalue weighted by molar-refractivity contribution is 7.16. The molecule has 0 atom stereocenters. The molecule has 0 aliphatic heterocycles. The molecule has 0 N–H and O–H groups in total. The van der Waals surface area contributed by atoms with Crippen LogP contribution >= 0.6 is 22.9 Å². The molecule has 1 nitrogen and oxygen atoms in total. The number of hydrogen-bond donors (Lipinski definition) is 0. The van der Waals surface area contributed by atoms with Crippen molar-refractivity contribution in [2.24, 2.45) is 0 Å². The molecule has 0 spiro atoms. The van der Waals surface area contributed by atoms with Gasteiger partial charge in [-0.2, -0.15) is 0 Å². The van der Waals surface area contributed by atoms with Crippen LogP contribution in [-0.2, 0) is 6.54 Å². The fourth-order valence-corrected chi connectivity index (χ4v) is 2.97.